The summed E-state index contributed by atoms with van der Waals surface area (Å²) in [5.74, 6) is -0.235. The molecule has 3 aromatic rings. The molecule has 2 aliphatic heterocycles. The van der Waals surface area contributed by atoms with E-state index in [4.69, 9.17) is 24.7 Å². The number of para-hydroxylation sites is 1. The summed E-state index contributed by atoms with van der Waals surface area (Å²) < 4.78 is 52.8. The second-order valence-electron chi connectivity index (χ2n) is 9.09. The highest BCUT2D eigenvalue weighted by atomic mass is 32.2. The Morgan fingerprint density at radius 1 is 1.00 bits per heavy atom. The molecule has 0 amide bonds. The van der Waals surface area contributed by atoms with Crippen LogP contribution in [-0.4, -0.2) is 29.7 Å². The molecule has 0 saturated heterocycles. The van der Waals surface area contributed by atoms with Crippen LogP contribution >= 0.6 is 0 Å². The van der Waals surface area contributed by atoms with Gasteiger partial charge in [-0.2, -0.15) is 5.26 Å². The number of nitrogens with zero attached hydrogens (tertiary/aromatic N) is 2. The van der Waals surface area contributed by atoms with E-state index in [0.717, 1.165) is 11.1 Å². The maximum absolute atomic E-state index is 14.5. The number of nitrogens with two attached hydrogens (primary N) is 1. The SMILES string of the molecule is COc1cc([C@@H]2C(C#N)=C(N)OC3=C2S(=O)(=O)N(Cc2cccc(C)c2)c2ccccc23)cc(OC)c1OC. The van der Waals surface area contributed by atoms with Crippen LogP contribution in [0.2, 0.25) is 0 Å². The van der Waals surface area contributed by atoms with E-state index >= 15 is 0 Å². The van der Waals surface area contributed by atoms with Crippen molar-refractivity contribution in [2.75, 3.05) is 25.6 Å². The Morgan fingerprint density at radius 2 is 1.69 bits per heavy atom. The van der Waals surface area contributed by atoms with Crippen molar-refractivity contribution in [2.45, 2.75) is 19.4 Å². The van der Waals surface area contributed by atoms with Crippen LogP contribution in [0.4, 0.5) is 5.69 Å². The normalized spacial score (nSPS) is 17.5. The number of fused-ring (bicyclic) bond motifs is 2. The van der Waals surface area contributed by atoms with Gasteiger partial charge < -0.3 is 24.7 Å². The van der Waals surface area contributed by atoms with Gasteiger partial charge in [0.25, 0.3) is 10.0 Å². The van der Waals surface area contributed by atoms with Gasteiger partial charge in [-0.25, -0.2) is 8.42 Å². The summed E-state index contributed by atoms with van der Waals surface area (Å²) >= 11 is 0. The van der Waals surface area contributed by atoms with Gasteiger partial charge in [-0.3, -0.25) is 4.31 Å². The van der Waals surface area contributed by atoms with Crippen molar-refractivity contribution in [1.29, 1.82) is 5.26 Å². The smallest absolute Gasteiger partial charge is 0.265 e. The summed E-state index contributed by atoms with van der Waals surface area (Å²) in [5, 5.41) is 10.1. The quantitative estimate of drug-likeness (QED) is 0.479. The third kappa shape index (κ3) is 4.21. The van der Waals surface area contributed by atoms with Gasteiger partial charge in [-0.15, -0.1) is 0 Å². The van der Waals surface area contributed by atoms with Crippen molar-refractivity contribution in [3.8, 4) is 23.3 Å². The second kappa shape index (κ2) is 9.93. The monoisotopic (exact) mass is 545 g/mol. The number of methoxy groups -OCH3 is 3. The van der Waals surface area contributed by atoms with Crippen molar-refractivity contribution >= 4 is 21.5 Å². The van der Waals surface area contributed by atoms with Gasteiger partial charge in [-0.1, -0.05) is 42.0 Å². The second-order valence-corrected chi connectivity index (χ2v) is 10.9. The Bertz CT molecular complexity index is 1660. The van der Waals surface area contributed by atoms with Crippen LogP contribution in [0.3, 0.4) is 0 Å². The average molecular weight is 546 g/mol. The van der Waals surface area contributed by atoms with Crippen LogP contribution in [0, 0.1) is 18.3 Å². The molecule has 200 valence electrons. The highest BCUT2D eigenvalue weighted by molar-refractivity contribution is 7.96. The fourth-order valence-corrected chi connectivity index (χ4v) is 6.97. The van der Waals surface area contributed by atoms with E-state index in [1.807, 2.05) is 31.2 Å². The number of hydrogen-bond donors (Lipinski definition) is 1. The zero-order valence-corrected chi connectivity index (χ0v) is 22.7. The third-order valence-corrected chi connectivity index (χ3v) is 8.67. The number of nitriles is 1. The Labute approximate surface area is 227 Å². The molecule has 0 fully saturated rings. The molecule has 10 heteroatoms. The molecule has 9 nitrogen and oxygen atoms in total. The van der Waals surface area contributed by atoms with Crippen LogP contribution in [0.5, 0.6) is 17.2 Å². The van der Waals surface area contributed by atoms with Gasteiger partial charge in [0.2, 0.25) is 11.6 Å². The minimum Gasteiger partial charge on any atom is -0.493 e. The minimum atomic E-state index is -4.23. The third-order valence-electron chi connectivity index (χ3n) is 6.79. The molecular weight excluding hydrogens is 518 g/mol. The number of aryl methyl sites for hydroxylation is 1. The average Bonchev–Trinajstić information content (AvgIpc) is 2.93. The van der Waals surface area contributed by atoms with Crippen molar-refractivity contribution in [1.82, 2.24) is 0 Å². The first-order valence-corrected chi connectivity index (χ1v) is 13.5. The molecule has 1 atom stereocenters. The zero-order chi connectivity index (χ0) is 27.9. The zero-order valence-electron chi connectivity index (χ0n) is 21.9. The predicted molar refractivity (Wildman–Crippen MR) is 146 cm³/mol. The molecule has 0 radical (unpaired) electrons. The summed E-state index contributed by atoms with van der Waals surface area (Å²) in [5.41, 5.74) is 9.45. The number of sulfonamides is 1. The summed E-state index contributed by atoms with van der Waals surface area (Å²) in [6, 6.07) is 20.0. The van der Waals surface area contributed by atoms with Crippen LogP contribution in [0.1, 0.15) is 28.2 Å². The lowest BCUT2D eigenvalue weighted by molar-refractivity contribution is 0.323. The maximum atomic E-state index is 14.5. The molecular formula is C29H27N3O6S. The molecule has 0 bridgehead atoms. The largest absolute Gasteiger partial charge is 0.493 e. The molecule has 0 aromatic heterocycles. The maximum Gasteiger partial charge on any atom is 0.265 e. The van der Waals surface area contributed by atoms with Crippen LogP contribution in [0.25, 0.3) is 5.76 Å². The van der Waals surface area contributed by atoms with Gasteiger partial charge in [0.05, 0.1) is 39.5 Å². The molecule has 0 unspecified atom stereocenters. The first kappa shape index (κ1) is 26.0. The van der Waals surface area contributed by atoms with Gasteiger partial charge in [0.15, 0.2) is 17.3 Å². The van der Waals surface area contributed by atoms with E-state index in [1.54, 1.807) is 36.4 Å². The minimum absolute atomic E-state index is 0.0403. The Hall–Kier alpha value is -4.62. The van der Waals surface area contributed by atoms with Crippen LogP contribution in [-0.2, 0) is 21.3 Å². The Morgan fingerprint density at radius 3 is 2.31 bits per heavy atom. The van der Waals surface area contributed by atoms with E-state index < -0.39 is 15.9 Å². The summed E-state index contributed by atoms with van der Waals surface area (Å²) in [6.45, 7) is 2.03. The predicted octanol–water partition coefficient (Wildman–Crippen LogP) is 4.55. The number of rotatable bonds is 6. The molecule has 0 saturated carbocycles. The Kier molecular flexibility index (Phi) is 6.62. The molecule has 0 spiro atoms. The van der Waals surface area contributed by atoms with Crippen molar-refractivity contribution in [2.24, 2.45) is 5.73 Å². The van der Waals surface area contributed by atoms with Crippen molar-refractivity contribution in [3.05, 3.63) is 99.3 Å². The summed E-state index contributed by atoms with van der Waals surface area (Å²) in [7, 11) is 0.160. The van der Waals surface area contributed by atoms with Crippen LogP contribution < -0.4 is 24.2 Å². The number of anilines is 1. The number of benzene rings is 3. The van der Waals surface area contributed by atoms with E-state index in [2.05, 4.69) is 6.07 Å². The first-order chi connectivity index (χ1) is 18.7. The highest BCUT2D eigenvalue weighted by Crippen LogP contribution is 2.53. The molecule has 5 rings (SSSR count). The molecule has 2 heterocycles. The standard InChI is InChI=1S/C29H27N3O6S/c1-17-8-7-9-18(12-17)16-32-22-11-6-5-10-20(22)26-28(39(32,33)34)25(21(15-30)29(31)38-26)19-13-23(35-2)27(37-4)24(14-19)36-3/h5-14,25H,16,31H2,1-4H3/t25-/m1/s1. The van der Waals surface area contributed by atoms with E-state index in [0.29, 0.717) is 34.1 Å². The highest BCUT2D eigenvalue weighted by Gasteiger charge is 2.47. The lowest BCUT2D eigenvalue weighted by Gasteiger charge is -2.38. The molecule has 39 heavy (non-hydrogen) atoms. The van der Waals surface area contributed by atoms with Crippen LogP contribution in [0.15, 0.2) is 77.0 Å². The first-order valence-electron chi connectivity index (χ1n) is 12.0. The van der Waals surface area contributed by atoms with Gasteiger partial charge >= 0.3 is 0 Å². The fraction of sp³-hybridized carbons (Fsp3) is 0.207. The topological polar surface area (TPSA) is 124 Å². The summed E-state index contributed by atoms with van der Waals surface area (Å²) in [6.07, 6.45) is 0. The van der Waals surface area contributed by atoms with Gasteiger partial charge in [0.1, 0.15) is 16.5 Å². The molecule has 3 aromatic carbocycles. The van der Waals surface area contributed by atoms with E-state index in [9.17, 15) is 13.7 Å². The molecule has 2 N–H and O–H groups in total. The Balaban J connectivity index is 1.79. The lowest BCUT2D eigenvalue weighted by Crippen LogP contribution is -2.39. The number of hydrogen-bond acceptors (Lipinski definition) is 8. The lowest BCUT2D eigenvalue weighted by atomic mass is 9.87. The molecule has 0 aliphatic carbocycles. The van der Waals surface area contributed by atoms with Gasteiger partial charge in [-0.05, 0) is 42.3 Å². The molecule has 2 aliphatic rings. The van der Waals surface area contributed by atoms with Crippen molar-refractivity contribution in [3.63, 3.8) is 0 Å². The summed E-state index contributed by atoms with van der Waals surface area (Å²) in [4.78, 5) is -0.0890. The fourth-order valence-electron chi connectivity index (χ4n) is 5.06. The van der Waals surface area contributed by atoms with Crippen molar-refractivity contribution < 1.29 is 27.4 Å². The number of ether oxygens (including phenoxy) is 4. The van der Waals surface area contributed by atoms with Gasteiger partial charge in [0, 0.05) is 5.56 Å². The number of allylic oxidation sites excluding steroid dienone is 2. The van der Waals surface area contributed by atoms with E-state index in [1.165, 1.54) is 25.6 Å². The van der Waals surface area contributed by atoms with E-state index in [-0.39, 0.29) is 28.7 Å².